The maximum absolute atomic E-state index is 13.3. The molecule has 2 aromatic rings. The molecule has 8 heteroatoms. The SMILES string of the molecule is COc1cnc(N2CCN(Cc3ccc(F)c(F)c3)C(=O)C2)nc1. The first-order valence-corrected chi connectivity index (χ1v) is 7.39. The van der Waals surface area contributed by atoms with E-state index in [2.05, 4.69) is 9.97 Å². The number of anilines is 1. The minimum Gasteiger partial charge on any atom is -0.494 e. The maximum Gasteiger partial charge on any atom is 0.242 e. The first-order chi connectivity index (χ1) is 11.6. The number of rotatable bonds is 4. The molecule has 1 fully saturated rings. The third-order valence-electron chi connectivity index (χ3n) is 3.81. The van der Waals surface area contributed by atoms with E-state index >= 15 is 0 Å². The monoisotopic (exact) mass is 334 g/mol. The highest BCUT2D eigenvalue weighted by molar-refractivity contribution is 5.82. The summed E-state index contributed by atoms with van der Waals surface area (Å²) in [6.07, 6.45) is 3.08. The Kier molecular flexibility index (Phi) is 4.54. The molecule has 1 saturated heterocycles. The van der Waals surface area contributed by atoms with E-state index in [1.54, 1.807) is 22.2 Å². The topological polar surface area (TPSA) is 58.6 Å². The Morgan fingerprint density at radius 1 is 1.17 bits per heavy atom. The van der Waals surface area contributed by atoms with E-state index < -0.39 is 11.6 Å². The van der Waals surface area contributed by atoms with Crippen molar-refractivity contribution >= 4 is 11.9 Å². The van der Waals surface area contributed by atoms with Gasteiger partial charge in [-0.15, -0.1) is 0 Å². The van der Waals surface area contributed by atoms with Crippen LogP contribution in [0.25, 0.3) is 0 Å². The molecule has 2 heterocycles. The number of halogens is 2. The number of piperazine rings is 1. The summed E-state index contributed by atoms with van der Waals surface area (Å²) in [6, 6.07) is 3.66. The van der Waals surface area contributed by atoms with Gasteiger partial charge in [-0.25, -0.2) is 18.7 Å². The summed E-state index contributed by atoms with van der Waals surface area (Å²) in [5.74, 6) is -0.930. The fourth-order valence-corrected chi connectivity index (χ4v) is 2.48. The van der Waals surface area contributed by atoms with Gasteiger partial charge in [0.1, 0.15) is 6.54 Å². The number of benzene rings is 1. The summed E-state index contributed by atoms with van der Waals surface area (Å²) >= 11 is 0. The minimum absolute atomic E-state index is 0.120. The molecule has 126 valence electrons. The van der Waals surface area contributed by atoms with Gasteiger partial charge in [0, 0.05) is 19.6 Å². The molecule has 0 unspecified atom stereocenters. The van der Waals surface area contributed by atoms with Crippen LogP contribution >= 0.6 is 0 Å². The van der Waals surface area contributed by atoms with E-state index in [0.717, 1.165) is 12.1 Å². The number of aromatic nitrogens is 2. The van der Waals surface area contributed by atoms with Crippen molar-refractivity contribution in [2.45, 2.75) is 6.54 Å². The highest BCUT2D eigenvalue weighted by Gasteiger charge is 2.25. The molecular formula is C16H16F2N4O2. The van der Waals surface area contributed by atoms with E-state index in [9.17, 15) is 13.6 Å². The maximum atomic E-state index is 13.3. The highest BCUT2D eigenvalue weighted by Crippen LogP contribution is 2.17. The number of amides is 1. The van der Waals surface area contributed by atoms with Crippen molar-refractivity contribution in [3.8, 4) is 5.75 Å². The Labute approximate surface area is 137 Å². The van der Waals surface area contributed by atoms with Gasteiger partial charge in [0.05, 0.1) is 19.5 Å². The van der Waals surface area contributed by atoms with Crippen molar-refractivity contribution < 1.29 is 18.3 Å². The lowest BCUT2D eigenvalue weighted by Crippen LogP contribution is -2.50. The van der Waals surface area contributed by atoms with Gasteiger partial charge in [-0.2, -0.15) is 0 Å². The van der Waals surface area contributed by atoms with Gasteiger partial charge in [0.2, 0.25) is 11.9 Å². The second kappa shape index (κ2) is 6.77. The molecule has 0 bridgehead atoms. The van der Waals surface area contributed by atoms with Gasteiger partial charge >= 0.3 is 0 Å². The van der Waals surface area contributed by atoms with Gasteiger partial charge in [-0.3, -0.25) is 4.79 Å². The molecule has 0 radical (unpaired) electrons. The third kappa shape index (κ3) is 3.42. The second-order valence-electron chi connectivity index (χ2n) is 5.41. The second-order valence-corrected chi connectivity index (χ2v) is 5.41. The Bertz CT molecular complexity index is 739. The number of nitrogens with zero attached hydrogens (tertiary/aromatic N) is 4. The number of carbonyl (C=O) groups excluding carboxylic acids is 1. The van der Waals surface area contributed by atoms with Crippen LogP contribution in [0.2, 0.25) is 0 Å². The van der Waals surface area contributed by atoms with Crippen LogP contribution in [0.4, 0.5) is 14.7 Å². The average molecular weight is 334 g/mol. The van der Waals surface area contributed by atoms with Gasteiger partial charge < -0.3 is 14.5 Å². The molecule has 24 heavy (non-hydrogen) atoms. The van der Waals surface area contributed by atoms with Gasteiger partial charge in [0.15, 0.2) is 17.4 Å². The molecule has 1 aliphatic heterocycles. The van der Waals surface area contributed by atoms with Crippen molar-refractivity contribution in [1.82, 2.24) is 14.9 Å². The summed E-state index contributed by atoms with van der Waals surface area (Å²) < 4.78 is 31.2. The average Bonchev–Trinajstić information content (AvgIpc) is 2.60. The van der Waals surface area contributed by atoms with Crippen molar-refractivity contribution in [3.05, 3.63) is 47.8 Å². The zero-order chi connectivity index (χ0) is 17.1. The minimum atomic E-state index is -0.912. The van der Waals surface area contributed by atoms with Crippen LogP contribution in [0.15, 0.2) is 30.6 Å². The zero-order valence-electron chi connectivity index (χ0n) is 13.1. The van der Waals surface area contributed by atoms with Crippen LogP contribution in [0.1, 0.15) is 5.56 Å². The molecule has 0 aliphatic carbocycles. The van der Waals surface area contributed by atoms with Crippen molar-refractivity contribution in [2.75, 3.05) is 31.6 Å². The molecule has 1 amide bonds. The number of carbonyl (C=O) groups is 1. The number of methoxy groups -OCH3 is 1. The molecule has 6 nitrogen and oxygen atoms in total. The highest BCUT2D eigenvalue weighted by atomic mass is 19.2. The smallest absolute Gasteiger partial charge is 0.242 e. The normalized spacial score (nSPS) is 14.9. The fraction of sp³-hybridized carbons (Fsp3) is 0.312. The summed E-state index contributed by atoms with van der Waals surface area (Å²) in [5.41, 5.74) is 0.552. The molecular weight excluding hydrogens is 318 g/mol. The molecule has 0 saturated carbocycles. The standard InChI is InChI=1S/C16H16F2N4O2/c1-24-12-7-19-16(20-8-12)22-5-4-21(15(23)10-22)9-11-2-3-13(17)14(18)6-11/h2-3,6-8H,4-5,9-10H2,1H3. The van der Waals surface area contributed by atoms with Gasteiger partial charge in [0.25, 0.3) is 0 Å². The van der Waals surface area contributed by atoms with E-state index in [0.29, 0.717) is 30.4 Å². The number of hydrogen-bond acceptors (Lipinski definition) is 5. The molecule has 0 atom stereocenters. The Morgan fingerprint density at radius 2 is 1.92 bits per heavy atom. The van der Waals surface area contributed by atoms with E-state index in [-0.39, 0.29) is 19.0 Å². The summed E-state index contributed by atoms with van der Waals surface area (Å²) in [7, 11) is 1.53. The van der Waals surface area contributed by atoms with Crippen molar-refractivity contribution in [3.63, 3.8) is 0 Å². The lowest BCUT2D eigenvalue weighted by molar-refractivity contribution is -0.131. The first kappa shape index (κ1) is 16.1. The lowest BCUT2D eigenvalue weighted by atomic mass is 10.2. The molecule has 0 spiro atoms. The largest absolute Gasteiger partial charge is 0.494 e. The fourth-order valence-electron chi connectivity index (χ4n) is 2.48. The third-order valence-corrected chi connectivity index (χ3v) is 3.81. The van der Waals surface area contributed by atoms with E-state index in [1.165, 1.54) is 13.2 Å². The predicted molar refractivity (Wildman–Crippen MR) is 82.6 cm³/mol. The lowest BCUT2D eigenvalue weighted by Gasteiger charge is -2.34. The van der Waals surface area contributed by atoms with E-state index in [1.807, 2.05) is 0 Å². The predicted octanol–water partition coefficient (Wildman–Crippen LogP) is 1.61. The van der Waals surface area contributed by atoms with Crippen LogP contribution in [-0.4, -0.2) is 47.5 Å². The summed E-state index contributed by atoms with van der Waals surface area (Å²) in [6.45, 7) is 1.39. The van der Waals surface area contributed by atoms with Gasteiger partial charge in [-0.1, -0.05) is 6.07 Å². The van der Waals surface area contributed by atoms with Crippen LogP contribution in [0.5, 0.6) is 5.75 Å². The quantitative estimate of drug-likeness (QED) is 0.850. The van der Waals surface area contributed by atoms with Gasteiger partial charge in [-0.05, 0) is 17.7 Å². The first-order valence-electron chi connectivity index (χ1n) is 7.39. The summed E-state index contributed by atoms with van der Waals surface area (Å²) in [4.78, 5) is 24.0. The van der Waals surface area contributed by atoms with Crippen molar-refractivity contribution in [2.24, 2.45) is 0 Å². The Balaban J connectivity index is 1.64. The molecule has 0 N–H and O–H groups in total. The Morgan fingerprint density at radius 3 is 2.54 bits per heavy atom. The van der Waals surface area contributed by atoms with E-state index in [4.69, 9.17) is 4.74 Å². The number of ether oxygens (including phenoxy) is 1. The molecule has 1 aliphatic rings. The van der Waals surface area contributed by atoms with Crippen LogP contribution in [0.3, 0.4) is 0 Å². The zero-order valence-corrected chi connectivity index (χ0v) is 13.1. The molecule has 3 rings (SSSR count). The Hall–Kier alpha value is -2.77. The molecule has 1 aromatic heterocycles. The van der Waals surface area contributed by atoms with Crippen LogP contribution in [0, 0.1) is 11.6 Å². The van der Waals surface area contributed by atoms with Crippen LogP contribution < -0.4 is 9.64 Å². The summed E-state index contributed by atoms with van der Waals surface area (Å²) in [5, 5.41) is 0. The number of hydrogen-bond donors (Lipinski definition) is 0. The molecule has 1 aromatic carbocycles. The van der Waals surface area contributed by atoms with Crippen molar-refractivity contribution in [1.29, 1.82) is 0 Å². The van der Waals surface area contributed by atoms with Crippen LogP contribution in [-0.2, 0) is 11.3 Å².